The van der Waals surface area contributed by atoms with Gasteiger partial charge in [0.25, 0.3) is 0 Å². The Kier molecular flexibility index (Phi) is 11.0. The fraction of sp³-hybridized carbons (Fsp3) is 0.440. The molecule has 5 nitrogen and oxygen atoms in total. The molecule has 0 saturated carbocycles. The van der Waals surface area contributed by atoms with Crippen molar-refractivity contribution in [3.63, 3.8) is 0 Å². The van der Waals surface area contributed by atoms with E-state index in [-0.39, 0.29) is 5.56 Å². The first kappa shape index (κ1) is 27.7. The summed E-state index contributed by atoms with van der Waals surface area (Å²) in [4.78, 5) is 0. The van der Waals surface area contributed by atoms with Gasteiger partial charge in [0.15, 0.2) is 11.6 Å². The molecule has 5 atom stereocenters. The molecule has 1 aromatic rings. The van der Waals surface area contributed by atoms with Crippen LogP contribution in [0.4, 0.5) is 8.78 Å². The van der Waals surface area contributed by atoms with E-state index in [0.29, 0.717) is 5.70 Å². The van der Waals surface area contributed by atoms with E-state index in [0.717, 1.165) is 24.1 Å². The minimum Gasteiger partial charge on any atom is -0.399 e. The topological polar surface area (TPSA) is 95.9 Å². The quantitative estimate of drug-likeness (QED) is 0.550. The van der Waals surface area contributed by atoms with E-state index in [2.05, 4.69) is 25.7 Å². The Hall–Kier alpha value is -2.32. The van der Waals surface area contributed by atoms with Crippen molar-refractivity contribution in [2.24, 2.45) is 5.73 Å². The summed E-state index contributed by atoms with van der Waals surface area (Å²) in [7, 11) is 0. The standard InChI is InChI=1S/C12H14F2O4.C11H15N.C2H6/c1-5-9(15)11(17)12(18-5)10(16)6-2-3-7(13)8(14)4-6;1-4-5-10-7-6-8(2)11(10)9(3)12;1-2/h2-5,9-12,15-17H,1H3;4-6H,3,7,12H2,1-2H3;1-2H3/b;5-4-;. The van der Waals surface area contributed by atoms with Gasteiger partial charge in [-0.25, -0.2) is 8.78 Å². The van der Waals surface area contributed by atoms with Gasteiger partial charge in [-0.05, 0) is 56.0 Å². The largest absolute Gasteiger partial charge is 0.399 e. The molecule has 32 heavy (non-hydrogen) atoms. The van der Waals surface area contributed by atoms with Crippen molar-refractivity contribution >= 4 is 0 Å². The van der Waals surface area contributed by atoms with Gasteiger partial charge >= 0.3 is 0 Å². The summed E-state index contributed by atoms with van der Waals surface area (Å²) < 4.78 is 31.0. The average Bonchev–Trinajstić information content (AvgIpc) is 3.26. The fourth-order valence-electron chi connectivity index (χ4n) is 3.56. The lowest BCUT2D eigenvalue weighted by Gasteiger charge is -2.21. The molecule has 2 aliphatic rings. The summed E-state index contributed by atoms with van der Waals surface area (Å²) in [5, 5.41) is 29.1. The molecule has 0 radical (unpaired) electrons. The maximum absolute atomic E-state index is 13.0. The summed E-state index contributed by atoms with van der Waals surface area (Å²) in [6, 6.07) is 2.93. The summed E-state index contributed by atoms with van der Waals surface area (Å²) in [6.07, 6.45) is 1.87. The number of halogens is 2. The number of aliphatic hydroxyl groups excluding tert-OH is 3. The van der Waals surface area contributed by atoms with E-state index in [1.807, 2.05) is 26.8 Å². The van der Waals surface area contributed by atoms with E-state index in [4.69, 9.17) is 10.5 Å². The van der Waals surface area contributed by atoms with E-state index < -0.39 is 42.2 Å². The molecule has 1 aromatic carbocycles. The number of ether oxygens (including phenoxy) is 1. The van der Waals surface area contributed by atoms with Crippen molar-refractivity contribution in [1.29, 1.82) is 0 Å². The molecule has 1 saturated heterocycles. The van der Waals surface area contributed by atoms with Crippen molar-refractivity contribution in [2.75, 3.05) is 0 Å². The van der Waals surface area contributed by atoms with Crippen LogP contribution in [0.1, 0.15) is 52.7 Å². The van der Waals surface area contributed by atoms with Crippen molar-refractivity contribution < 1.29 is 28.8 Å². The third kappa shape index (κ3) is 6.59. The normalized spacial score (nSPS) is 25.6. The first-order chi connectivity index (χ1) is 15.1. The summed E-state index contributed by atoms with van der Waals surface area (Å²) >= 11 is 0. The zero-order valence-electron chi connectivity index (χ0n) is 19.3. The maximum atomic E-state index is 13.0. The Balaban J connectivity index is 0.000000318. The van der Waals surface area contributed by atoms with Crippen LogP contribution < -0.4 is 5.73 Å². The SMILES string of the molecule is C=C(N)C1=C(/C=C\C)CC=C1C.CC.CC1OC(C(O)c2ccc(F)c(F)c2)C(O)C1O. The molecule has 0 bridgehead atoms. The number of nitrogens with two attached hydrogens (primary N) is 1. The molecule has 0 spiro atoms. The predicted octanol–water partition coefficient (Wildman–Crippen LogP) is 4.22. The predicted molar refractivity (Wildman–Crippen MR) is 123 cm³/mol. The lowest BCUT2D eigenvalue weighted by Crippen LogP contribution is -2.34. The van der Waals surface area contributed by atoms with Crippen LogP contribution in [0, 0.1) is 11.6 Å². The van der Waals surface area contributed by atoms with Gasteiger partial charge in [-0.2, -0.15) is 0 Å². The van der Waals surface area contributed by atoms with Crippen LogP contribution in [-0.2, 0) is 4.74 Å². The van der Waals surface area contributed by atoms with Crippen molar-refractivity contribution in [2.45, 2.75) is 71.6 Å². The number of aliphatic hydroxyl groups is 3. The van der Waals surface area contributed by atoms with Gasteiger partial charge in [0.2, 0.25) is 0 Å². The molecule has 1 aliphatic carbocycles. The van der Waals surface area contributed by atoms with Crippen molar-refractivity contribution in [3.8, 4) is 0 Å². The van der Waals surface area contributed by atoms with E-state index >= 15 is 0 Å². The Labute approximate surface area is 189 Å². The second-order valence-electron chi connectivity index (χ2n) is 7.42. The highest BCUT2D eigenvalue weighted by atomic mass is 19.2. The molecular weight excluding hydrogens is 416 g/mol. The molecule has 3 rings (SSSR count). The van der Waals surface area contributed by atoms with Gasteiger partial charge in [-0.15, -0.1) is 0 Å². The number of benzene rings is 1. The smallest absolute Gasteiger partial charge is 0.159 e. The third-order valence-electron chi connectivity index (χ3n) is 5.17. The van der Waals surface area contributed by atoms with Crippen LogP contribution in [0.5, 0.6) is 0 Å². The molecule has 5 N–H and O–H groups in total. The zero-order valence-corrected chi connectivity index (χ0v) is 19.3. The maximum Gasteiger partial charge on any atom is 0.159 e. The molecule has 1 aliphatic heterocycles. The number of hydrogen-bond acceptors (Lipinski definition) is 5. The minimum atomic E-state index is -1.34. The summed E-state index contributed by atoms with van der Waals surface area (Å²) in [5.41, 5.74) is 10.1. The minimum absolute atomic E-state index is 0.0826. The van der Waals surface area contributed by atoms with Crippen molar-refractivity contribution in [3.05, 3.63) is 82.6 Å². The zero-order chi connectivity index (χ0) is 24.6. The Morgan fingerprint density at radius 1 is 1.22 bits per heavy atom. The van der Waals surface area contributed by atoms with Crippen LogP contribution in [0.15, 0.2) is 65.4 Å². The van der Waals surface area contributed by atoms with Gasteiger partial charge in [-0.1, -0.05) is 44.7 Å². The van der Waals surface area contributed by atoms with Crippen LogP contribution in [0.2, 0.25) is 0 Å². The summed E-state index contributed by atoms with van der Waals surface area (Å²) in [5.74, 6) is -2.11. The second-order valence-corrected chi connectivity index (χ2v) is 7.42. The second kappa shape index (κ2) is 12.6. The summed E-state index contributed by atoms with van der Waals surface area (Å²) in [6.45, 7) is 13.4. The van der Waals surface area contributed by atoms with Gasteiger partial charge in [0.1, 0.15) is 24.4 Å². The Morgan fingerprint density at radius 3 is 2.31 bits per heavy atom. The number of hydrogen-bond donors (Lipinski definition) is 4. The lowest BCUT2D eigenvalue weighted by molar-refractivity contribution is -0.0636. The van der Waals surface area contributed by atoms with E-state index in [1.165, 1.54) is 17.2 Å². The number of allylic oxidation sites excluding steroid dienone is 5. The van der Waals surface area contributed by atoms with E-state index in [1.54, 1.807) is 6.92 Å². The highest BCUT2D eigenvalue weighted by molar-refractivity contribution is 5.54. The van der Waals surface area contributed by atoms with Gasteiger partial charge in [0, 0.05) is 11.3 Å². The molecule has 0 amide bonds. The molecule has 178 valence electrons. The molecule has 1 fully saturated rings. The molecule has 1 heterocycles. The number of rotatable bonds is 4. The highest BCUT2D eigenvalue weighted by Crippen LogP contribution is 2.31. The Bertz CT molecular complexity index is 879. The first-order valence-corrected chi connectivity index (χ1v) is 10.7. The third-order valence-corrected chi connectivity index (χ3v) is 5.17. The van der Waals surface area contributed by atoms with Crippen molar-refractivity contribution in [1.82, 2.24) is 0 Å². The van der Waals surface area contributed by atoms with Gasteiger partial charge in [-0.3, -0.25) is 0 Å². The van der Waals surface area contributed by atoms with Gasteiger partial charge in [0.05, 0.1) is 6.10 Å². The fourth-order valence-corrected chi connectivity index (χ4v) is 3.56. The molecule has 0 aromatic heterocycles. The van der Waals surface area contributed by atoms with Crippen LogP contribution in [0.25, 0.3) is 0 Å². The monoisotopic (exact) mass is 451 g/mol. The molecule has 7 heteroatoms. The van der Waals surface area contributed by atoms with Crippen LogP contribution >= 0.6 is 0 Å². The molecular formula is C25H35F2NO4. The lowest BCUT2D eigenvalue weighted by atomic mass is 9.98. The van der Waals surface area contributed by atoms with Crippen LogP contribution in [-0.4, -0.2) is 39.7 Å². The molecule has 5 unspecified atom stereocenters. The van der Waals surface area contributed by atoms with Gasteiger partial charge < -0.3 is 25.8 Å². The highest BCUT2D eigenvalue weighted by Gasteiger charge is 2.44. The Morgan fingerprint density at radius 2 is 1.84 bits per heavy atom. The van der Waals surface area contributed by atoms with Crippen LogP contribution in [0.3, 0.4) is 0 Å². The average molecular weight is 452 g/mol. The van der Waals surface area contributed by atoms with E-state index in [9.17, 15) is 24.1 Å². The first-order valence-electron chi connectivity index (χ1n) is 10.7.